The van der Waals surface area contributed by atoms with Crippen molar-refractivity contribution in [1.29, 1.82) is 0 Å². The molecule has 0 bridgehead atoms. The van der Waals surface area contributed by atoms with E-state index >= 15 is 0 Å². The van der Waals surface area contributed by atoms with Gasteiger partial charge in [-0.05, 0) is 12.8 Å². The summed E-state index contributed by atoms with van der Waals surface area (Å²) in [5, 5.41) is 6.34. The molecule has 2 rings (SSSR count). The Labute approximate surface area is 75.5 Å². The van der Waals surface area contributed by atoms with Gasteiger partial charge in [0.2, 0.25) is 11.8 Å². The van der Waals surface area contributed by atoms with Crippen molar-refractivity contribution in [3.8, 4) is 0 Å². The zero-order valence-electron chi connectivity index (χ0n) is 7.19. The predicted molar refractivity (Wildman–Crippen MR) is 43.9 cm³/mol. The molecule has 0 saturated carbocycles. The second-order valence-corrected chi connectivity index (χ2v) is 3.17. The summed E-state index contributed by atoms with van der Waals surface area (Å²) in [6.45, 7) is 0.753. The summed E-state index contributed by atoms with van der Waals surface area (Å²) in [4.78, 5) is 15.1. The molecule has 1 atom stereocenters. The molecule has 5 heteroatoms. The molecule has 1 saturated heterocycles. The molecule has 70 valence electrons. The Bertz CT molecular complexity index is 284. The Balaban J connectivity index is 2.09. The van der Waals surface area contributed by atoms with Crippen LogP contribution >= 0.6 is 0 Å². The van der Waals surface area contributed by atoms with Gasteiger partial charge in [0.05, 0.1) is 0 Å². The predicted octanol–water partition coefficient (Wildman–Crippen LogP) is 0.453. The first-order chi connectivity index (χ1) is 6.36. The quantitative estimate of drug-likeness (QED) is 0.683. The number of nitrogens with zero attached hydrogens (tertiary/aromatic N) is 2. The molecule has 13 heavy (non-hydrogen) atoms. The molecule has 1 N–H and O–H groups in total. The van der Waals surface area contributed by atoms with Gasteiger partial charge in [0.1, 0.15) is 0 Å². The first-order valence-corrected chi connectivity index (χ1v) is 4.39. The van der Waals surface area contributed by atoms with Crippen LogP contribution in [0, 0.1) is 0 Å². The number of aromatic nitrogens is 2. The van der Waals surface area contributed by atoms with Crippen molar-refractivity contribution in [2.24, 2.45) is 0 Å². The van der Waals surface area contributed by atoms with E-state index in [0.717, 1.165) is 19.4 Å². The maximum Gasteiger partial charge on any atom is 0.229 e. The number of rotatable bonds is 1. The molecule has 2 heterocycles. The lowest BCUT2D eigenvalue weighted by molar-refractivity contribution is -0.121. The minimum atomic E-state index is 0.0701. The molecule has 1 aromatic heterocycles. The SMILES string of the molecule is O=C1CC(c2ncno2)CCCN1. The Kier molecular flexibility index (Phi) is 2.25. The van der Waals surface area contributed by atoms with Crippen LogP contribution in [0.15, 0.2) is 10.9 Å². The standard InChI is InChI=1S/C8H11N3O2/c12-7-4-6(2-1-3-9-7)8-10-5-11-13-8/h5-6H,1-4H2,(H,9,12). The van der Waals surface area contributed by atoms with E-state index in [-0.39, 0.29) is 11.8 Å². The van der Waals surface area contributed by atoms with Crippen molar-refractivity contribution in [3.63, 3.8) is 0 Å². The van der Waals surface area contributed by atoms with Crippen LogP contribution in [0.4, 0.5) is 0 Å². The monoisotopic (exact) mass is 181 g/mol. The zero-order valence-corrected chi connectivity index (χ0v) is 7.19. The lowest BCUT2D eigenvalue weighted by Crippen LogP contribution is -2.22. The summed E-state index contributed by atoms with van der Waals surface area (Å²) in [6, 6.07) is 0. The first-order valence-electron chi connectivity index (χ1n) is 4.39. The van der Waals surface area contributed by atoms with Crippen molar-refractivity contribution in [2.45, 2.75) is 25.2 Å². The van der Waals surface area contributed by atoms with Gasteiger partial charge in [0.25, 0.3) is 0 Å². The first kappa shape index (κ1) is 8.22. The summed E-state index contributed by atoms with van der Waals surface area (Å²) in [5.41, 5.74) is 0. The molecule has 0 radical (unpaired) electrons. The fourth-order valence-electron chi connectivity index (χ4n) is 1.55. The van der Waals surface area contributed by atoms with Crippen molar-refractivity contribution >= 4 is 5.91 Å². The Morgan fingerprint density at radius 1 is 1.62 bits per heavy atom. The van der Waals surface area contributed by atoms with Crippen LogP contribution in [0.1, 0.15) is 31.1 Å². The summed E-state index contributed by atoms with van der Waals surface area (Å²) in [7, 11) is 0. The molecule has 1 aromatic rings. The van der Waals surface area contributed by atoms with Gasteiger partial charge in [-0.15, -0.1) is 0 Å². The van der Waals surface area contributed by atoms with Crippen molar-refractivity contribution in [3.05, 3.63) is 12.2 Å². The Hall–Kier alpha value is -1.39. The summed E-state index contributed by atoms with van der Waals surface area (Å²) in [5.74, 6) is 0.753. The van der Waals surface area contributed by atoms with Crippen LogP contribution in [0.3, 0.4) is 0 Å². The molecule has 0 aromatic carbocycles. The van der Waals surface area contributed by atoms with Gasteiger partial charge in [-0.3, -0.25) is 4.79 Å². The highest BCUT2D eigenvalue weighted by atomic mass is 16.5. The Morgan fingerprint density at radius 3 is 3.31 bits per heavy atom. The number of carbonyl (C=O) groups is 1. The second-order valence-electron chi connectivity index (χ2n) is 3.17. The topological polar surface area (TPSA) is 68.0 Å². The van der Waals surface area contributed by atoms with Gasteiger partial charge < -0.3 is 9.84 Å². The van der Waals surface area contributed by atoms with Gasteiger partial charge in [-0.25, -0.2) is 0 Å². The van der Waals surface area contributed by atoms with Crippen LogP contribution in [-0.4, -0.2) is 22.6 Å². The third-order valence-electron chi connectivity index (χ3n) is 2.21. The maximum absolute atomic E-state index is 11.2. The summed E-state index contributed by atoms with van der Waals surface area (Å²) in [6.07, 6.45) is 3.74. The van der Waals surface area contributed by atoms with E-state index in [1.54, 1.807) is 0 Å². The van der Waals surface area contributed by atoms with Gasteiger partial charge >= 0.3 is 0 Å². The smallest absolute Gasteiger partial charge is 0.229 e. The highest BCUT2D eigenvalue weighted by Gasteiger charge is 2.22. The number of hydrogen-bond acceptors (Lipinski definition) is 4. The maximum atomic E-state index is 11.2. The van der Waals surface area contributed by atoms with Crippen molar-refractivity contribution in [1.82, 2.24) is 15.5 Å². The molecular weight excluding hydrogens is 170 g/mol. The largest absolute Gasteiger partial charge is 0.356 e. The van der Waals surface area contributed by atoms with Crippen molar-refractivity contribution in [2.75, 3.05) is 6.54 Å². The number of hydrogen-bond donors (Lipinski definition) is 1. The minimum absolute atomic E-state index is 0.0701. The second kappa shape index (κ2) is 3.55. The van der Waals surface area contributed by atoms with Gasteiger partial charge in [-0.2, -0.15) is 4.98 Å². The number of amides is 1. The van der Waals surface area contributed by atoms with Gasteiger partial charge in [0, 0.05) is 18.9 Å². The van der Waals surface area contributed by atoms with Crippen LogP contribution < -0.4 is 5.32 Å². The van der Waals surface area contributed by atoms with E-state index in [1.165, 1.54) is 6.33 Å². The van der Waals surface area contributed by atoms with E-state index in [9.17, 15) is 4.79 Å². The molecule has 1 unspecified atom stereocenters. The highest BCUT2D eigenvalue weighted by Crippen LogP contribution is 2.24. The normalized spacial score (nSPS) is 23.7. The lowest BCUT2D eigenvalue weighted by Gasteiger charge is -2.05. The number of carbonyl (C=O) groups excluding carboxylic acids is 1. The van der Waals surface area contributed by atoms with Gasteiger partial charge in [-0.1, -0.05) is 5.16 Å². The molecule has 0 aliphatic carbocycles. The highest BCUT2D eigenvalue weighted by molar-refractivity contribution is 5.76. The molecule has 1 fully saturated rings. The van der Waals surface area contributed by atoms with E-state index in [2.05, 4.69) is 15.5 Å². The van der Waals surface area contributed by atoms with Crippen molar-refractivity contribution < 1.29 is 9.32 Å². The fourth-order valence-corrected chi connectivity index (χ4v) is 1.55. The average Bonchev–Trinajstić information content (AvgIpc) is 2.56. The lowest BCUT2D eigenvalue weighted by atomic mass is 10.0. The van der Waals surface area contributed by atoms with Crippen LogP contribution in [-0.2, 0) is 4.79 Å². The molecule has 0 spiro atoms. The molecule has 1 amide bonds. The summed E-state index contributed by atoms with van der Waals surface area (Å²) < 4.78 is 4.94. The van der Waals surface area contributed by atoms with Crippen LogP contribution in [0.25, 0.3) is 0 Å². The average molecular weight is 181 g/mol. The van der Waals surface area contributed by atoms with Crippen LogP contribution in [0.2, 0.25) is 0 Å². The minimum Gasteiger partial charge on any atom is -0.356 e. The molecule has 1 aliphatic heterocycles. The van der Waals surface area contributed by atoms with E-state index < -0.39 is 0 Å². The van der Waals surface area contributed by atoms with Crippen LogP contribution in [0.5, 0.6) is 0 Å². The van der Waals surface area contributed by atoms with E-state index in [1.807, 2.05) is 0 Å². The zero-order chi connectivity index (χ0) is 9.10. The van der Waals surface area contributed by atoms with Gasteiger partial charge in [0.15, 0.2) is 6.33 Å². The third kappa shape index (κ3) is 1.85. The van der Waals surface area contributed by atoms with E-state index in [4.69, 9.17) is 4.52 Å². The molecular formula is C8H11N3O2. The van der Waals surface area contributed by atoms with E-state index in [0.29, 0.717) is 12.3 Å². The fraction of sp³-hybridized carbons (Fsp3) is 0.625. The molecule has 1 aliphatic rings. The Morgan fingerprint density at radius 2 is 2.54 bits per heavy atom. The molecule has 5 nitrogen and oxygen atoms in total. The third-order valence-corrected chi connectivity index (χ3v) is 2.21. The summed E-state index contributed by atoms with van der Waals surface area (Å²) >= 11 is 0. The number of nitrogens with one attached hydrogen (secondary N) is 1.